The van der Waals surface area contributed by atoms with E-state index in [4.69, 9.17) is 4.74 Å². The number of aromatic nitrogens is 1. The van der Waals surface area contributed by atoms with Crippen LogP contribution >= 0.6 is 11.3 Å². The summed E-state index contributed by atoms with van der Waals surface area (Å²) in [6, 6.07) is 16.9. The average molecular weight is 404 g/mol. The fraction of sp³-hybridized carbons (Fsp3) is 0.174. The molecule has 1 aliphatic heterocycles. The topological polar surface area (TPSA) is 60.7 Å². The van der Waals surface area contributed by atoms with E-state index < -0.39 is 12.0 Å². The number of esters is 1. The summed E-state index contributed by atoms with van der Waals surface area (Å²) in [7, 11) is 1.34. The number of thiazole rings is 1. The Labute approximate surface area is 171 Å². The maximum Gasteiger partial charge on any atom is 0.338 e. The van der Waals surface area contributed by atoms with Gasteiger partial charge in [-0.05, 0) is 31.1 Å². The minimum Gasteiger partial charge on any atom is -0.466 e. The number of nitrogens with zero attached hydrogens (tertiary/aromatic N) is 2. The van der Waals surface area contributed by atoms with Crippen molar-refractivity contribution in [2.24, 2.45) is 4.99 Å². The molecule has 4 rings (SSSR count). The molecule has 0 saturated heterocycles. The second kappa shape index (κ2) is 7.64. The molecule has 1 aliphatic rings. The minimum atomic E-state index is -0.569. The lowest BCUT2D eigenvalue weighted by Crippen LogP contribution is -2.39. The molecule has 2 aromatic carbocycles. The van der Waals surface area contributed by atoms with E-state index in [1.807, 2.05) is 67.6 Å². The lowest BCUT2D eigenvalue weighted by atomic mass is 9.96. The summed E-state index contributed by atoms with van der Waals surface area (Å²) < 4.78 is 7.18. The second-order valence-corrected chi connectivity index (χ2v) is 7.90. The minimum absolute atomic E-state index is 0.169. The van der Waals surface area contributed by atoms with Crippen LogP contribution < -0.4 is 14.9 Å². The first kappa shape index (κ1) is 19.1. The Bertz CT molecular complexity index is 1280. The van der Waals surface area contributed by atoms with Gasteiger partial charge in [-0.25, -0.2) is 9.79 Å². The van der Waals surface area contributed by atoms with Crippen LogP contribution in [-0.4, -0.2) is 17.6 Å². The average Bonchev–Trinajstić information content (AvgIpc) is 3.03. The van der Waals surface area contributed by atoms with Crippen molar-refractivity contribution in [2.45, 2.75) is 19.9 Å². The van der Waals surface area contributed by atoms with Crippen molar-refractivity contribution in [1.29, 1.82) is 0 Å². The van der Waals surface area contributed by atoms with E-state index in [9.17, 15) is 9.59 Å². The predicted molar refractivity (Wildman–Crippen MR) is 113 cm³/mol. The number of benzene rings is 2. The Balaban J connectivity index is 1.97. The van der Waals surface area contributed by atoms with Gasteiger partial charge in [0.25, 0.3) is 5.56 Å². The summed E-state index contributed by atoms with van der Waals surface area (Å²) in [5.74, 6) is -0.479. The highest BCUT2D eigenvalue weighted by Gasteiger charge is 2.32. The number of carbonyl (C=O) groups excluding carboxylic acids is 1. The van der Waals surface area contributed by atoms with Crippen LogP contribution in [0.3, 0.4) is 0 Å². The molecule has 6 heteroatoms. The summed E-state index contributed by atoms with van der Waals surface area (Å²) in [4.78, 5) is 31.0. The first-order valence-electron chi connectivity index (χ1n) is 9.22. The van der Waals surface area contributed by atoms with Crippen molar-refractivity contribution < 1.29 is 9.53 Å². The molecule has 3 aromatic rings. The zero-order valence-corrected chi connectivity index (χ0v) is 17.2. The molecule has 0 aliphatic carbocycles. The number of ether oxygens (including phenoxy) is 1. The third-order valence-electron chi connectivity index (χ3n) is 4.92. The summed E-state index contributed by atoms with van der Waals surface area (Å²) in [5.41, 5.74) is 3.72. The van der Waals surface area contributed by atoms with Crippen molar-refractivity contribution in [2.75, 3.05) is 7.11 Å². The van der Waals surface area contributed by atoms with Crippen LogP contribution in [0.2, 0.25) is 0 Å². The van der Waals surface area contributed by atoms with E-state index in [0.29, 0.717) is 20.6 Å². The number of carbonyl (C=O) groups is 1. The van der Waals surface area contributed by atoms with Gasteiger partial charge in [-0.2, -0.15) is 0 Å². The van der Waals surface area contributed by atoms with Gasteiger partial charge in [0.15, 0.2) is 4.80 Å². The molecule has 0 fully saturated rings. The molecular formula is C23H20N2O3S. The normalized spacial score (nSPS) is 16.4. The summed E-state index contributed by atoms with van der Waals surface area (Å²) in [6.45, 7) is 3.80. The number of rotatable bonds is 3. The number of aryl methyl sites for hydroxylation is 1. The smallest absolute Gasteiger partial charge is 0.338 e. The Kier molecular flexibility index (Phi) is 5.03. The number of allylic oxidation sites excluding steroid dienone is 1. The van der Waals surface area contributed by atoms with Crippen LogP contribution in [0.4, 0.5) is 0 Å². The van der Waals surface area contributed by atoms with Crippen LogP contribution in [0.5, 0.6) is 0 Å². The molecule has 146 valence electrons. The van der Waals surface area contributed by atoms with E-state index in [0.717, 1.165) is 16.7 Å². The maximum absolute atomic E-state index is 13.3. The van der Waals surface area contributed by atoms with Crippen LogP contribution in [-0.2, 0) is 9.53 Å². The van der Waals surface area contributed by atoms with Crippen molar-refractivity contribution in [1.82, 2.24) is 4.57 Å². The first-order chi connectivity index (χ1) is 14.0. The van der Waals surface area contributed by atoms with Gasteiger partial charge in [0.05, 0.1) is 29.0 Å². The molecule has 0 N–H and O–H groups in total. The van der Waals surface area contributed by atoms with Gasteiger partial charge in [-0.15, -0.1) is 0 Å². The van der Waals surface area contributed by atoms with Gasteiger partial charge in [-0.3, -0.25) is 9.36 Å². The lowest BCUT2D eigenvalue weighted by molar-refractivity contribution is -0.136. The van der Waals surface area contributed by atoms with Crippen molar-refractivity contribution in [3.05, 3.63) is 102 Å². The quantitative estimate of drug-likeness (QED) is 0.631. The van der Waals surface area contributed by atoms with Gasteiger partial charge < -0.3 is 4.74 Å². The zero-order chi connectivity index (χ0) is 20.5. The standard InChI is InChI=1S/C23H20N2O3S/c1-14-9-11-16(12-10-14)13-18-21(26)25-20(17-7-5-4-6-8-17)19(22(27)28-3)15(2)24-23(25)29-18/h4-13,20H,1-3H3/b18-13+/t20-/m1/s1. The number of methoxy groups -OCH3 is 1. The Morgan fingerprint density at radius 2 is 1.79 bits per heavy atom. The number of hydrogen-bond acceptors (Lipinski definition) is 5. The molecule has 0 unspecified atom stereocenters. The van der Waals surface area contributed by atoms with Crippen LogP contribution in [0.1, 0.15) is 29.7 Å². The van der Waals surface area contributed by atoms with E-state index >= 15 is 0 Å². The van der Waals surface area contributed by atoms with Crippen LogP contribution in [0, 0.1) is 6.92 Å². The zero-order valence-electron chi connectivity index (χ0n) is 16.4. The molecule has 0 radical (unpaired) electrons. The molecule has 0 spiro atoms. The Hall–Kier alpha value is -3.25. The number of hydrogen-bond donors (Lipinski definition) is 0. The summed E-state index contributed by atoms with van der Waals surface area (Å²) in [5, 5.41) is 0. The largest absolute Gasteiger partial charge is 0.466 e. The Morgan fingerprint density at radius 1 is 1.10 bits per heavy atom. The predicted octanol–water partition coefficient (Wildman–Crippen LogP) is 2.72. The van der Waals surface area contributed by atoms with Gasteiger partial charge in [0.2, 0.25) is 0 Å². The highest BCUT2D eigenvalue weighted by atomic mass is 32.1. The first-order valence-corrected chi connectivity index (χ1v) is 10.0. The van der Waals surface area contributed by atoms with Gasteiger partial charge in [0.1, 0.15) is 0 Å². The molecule has 0 bridgehead atoms. The third-order valence-corrected chi connectivity index (χ3v) is 5.90. The van der Waals surface area contributed by atoms with Crippen molar-refractivity contribution in [3.8, 4) is 0 Å². The molecule has 29 heavy (non-hydrogen) atoms. The van der Waals surface area contributed by atoms with E-state index in [1.54, 1.807) is 11.5 Å². The van der Waals surface area contributed by atoms with Gasteiger partial charge in [-0.1, -0.05) is 71.5 Å². The van der Waals surface area contributed by atoms with Crippen molar-refractivity contribution >= 4 is 23.4 Å². The summed E-state index contributed by atoms with van der Waals surface area (Å²) >= 11 is 1.33. The number of fused-ring (bicyclic) bond motifs is 1. The van der Waals surface area contributed by atoms with E-state index in [2.05, 4.69) is 4.99 Å². The van der Waals surface area contributed by atoms with E-state index in [1.165, 1.54) is 18.4 Å². The third kappa shape index (κ3) is 3.47. The highest BCUT2D eigenvalue weighted by Crippen LogP contribution is 2.30. The maximum atomic E-state index is 13.3. The Morgan fingerprint density at radius 3 is 2.45 bits per heavy atom. The van der Waals surface area contributed by atoms with Crippen LogP contribution in [0.15, 0.2) is 75.7 Å². The summed E-state index contributed by atoms with van der Waals surface area (Å²) in [6.07, 6.45) is 1.86. The monoisotopic (exact) mass is 404 g/mol. The molecule has 0 amide bonds. The fourth-order valence-electron chi connectivity index (χ4n) is 3.46. The van der Waals surface area contributed by atoms with E-state index in [-0.39, 0.29) is 5.56 Å². The SMILES string of the molecule is COC(=O)C1=C(C)N=c2s/c(=C/c3ccc(C)cc3)c(=O)n2[C@@H]1c1ccccc1. The molecule has 1 aromatic heterocycles. The molecule has 2 heterocycles. The fourth-order valence-corrected chi connectivity index (χ4v) is 4.50. The molecule has 5 nitrogen and oxygen atoms in total. The molecular weight excluding hydrogens is 384 g/mol. The molecule has 0 saturated carbocycles. The van der Waals surface area contributed by atoms with Crippen molar-refractivity contribution in [3.63, 3.8) is 0 Å². The van der Waals surface area contributed by atoms with Crippen LogP contribution in [0.25, 0.3) is 6.08 Å². The molecule has 1 atom stereocenters. The van der Waals surface area contributed by atoms with Gasteiger partial charge in [0, 0.05) is 0 Å². The lowest BCUT2D eigenvalue weighted by Gasteiger charge is -2.24. The second-order valence-electron chi connectivity index (χ2n) is 6.89. The van der Waals surface area contributed by atoms with Gasteiger partial charge >= 0.3 is 5.97 Å². The highest BCUT2D eigenvalue weighted by molar-refractivity contribution is 7.07.